The second-order valence-electron chi connectivity index (χ2n) is 6.08. The van der Waals surface area contributed by atoms with Crippen LogP contribution in [-0.2, 0) is 11.2 Å². The number of likely N-dealkylation sites (N-methyl/N-ethyl adjacent to an activating group) is 1. The quantitative estimate of drug-likeness (QED) is 0.897. The van der Waals surface area contributed by atoms with Crippen LogP contribution in [-0.4, -0.2) is 30.4 Å². The number of nitrogens with zero attached hydrogens (tertiary/aromatic N) is 1. The van der Waals surface area contributed by atoms with Gasteiger partial charge in [0.2, 0.25) is 5.91 Å². The van der Waals surface area contributed by atoms with Gasteiger partial charge in [-0.3, -0.25) is 4.79 Å². The summed E-state index contributed by atoms with van der Waals surface area (Å²) in [5.41, 5.74) is 2.49. The van der Waals surface area contributed by atoms with Crippen molar-refractivity contribution in [1.29, 1.82) is 0 Å². The summed E-state index contributed by atoms with van der Waals surface area (Å²) in [6.07, 6.45) is 7.19. The number of nitrogens with one attached hydrogen (secondary N) is 1. The molecule has 3 rings (SSSR count). The Kier molecular flexibility index (Phi) is 4.06. The molecule has 0 bridgehead atoms. The molecule has 108 valence electrons. The summed E-state index contributed by atoms with van der Waals surface area (Å²) < 4.78 is 0. The number of amides is 1. The van der Waals surface area contributed by atoms with E-state index in [0.29, 0.717) is 6.04 Å². The largest absolute Gasteiger partial charge is 0.341 e. The summed E-state index contributed by atoms with van der Waals surface area (Å²) in [7, 11) is 1.98. The normalized spacial score (nSPS) is 23.1. The predicted molar refractivity (Wildman–Crippen MR) is 80.5 cm³/mol. The van der Waals surface area contributed by atoms with Crippen molar-refractivity contribution in [3.05, 3.63) is 35.4 Å². The highest BCUT2D eigenvalue weighted by Crippen LogP contribution is 2.27. The maximum Gasteiger partial charge on any atom is 0.244 e. The Hall–Kier alpha value is -1.35. The molecule has 1 aromatic carbocycles. The van der Waals surface area contributed by atoms with Crippen molar-refractivity contribution in [3.63, 3.8) is 0 Å². The van der Waals surface area contributed by atoms with Crippen molar-refractivity contribution in [2.24, 2.45) is 0 Å². The fraction of sp³-hybridized carbons (Fsp3) is 0.588. The smallest absolute Gasteiger partial charge is 0.244 e. The molecule has 1 saturated carbocycles. The molecule has 1 N–H and O–H groups in total. The van der Waals surface area contributed by atoms with Gasteiger partial charge in [-0.05, 0) is 30.4 Å². The molecule has 1 fully saturated rings. The molecule has 1 atom stereocenters. The van der Waals surface area contributed by atoms with Gasteiger partial charge in [0.1, 0.15) is 6.04 Å². The number of carbonyl (C=O) groups excluding carboxylic acids is 1. The van der Waals surface area contributed by atoms with Crippen LogP contribution in [0.1, 0.15) is 49.3 Å². The van der Waals surface area contributed by atoms with Gasteiger partial charge in [0.15, 0.2) is 0 Å². The third-order valence-corrected chi connectivity index (χ3v) is 4.83. The molecule has 1 aromatic rings. The van der Waals surface area contributed by atoms with Crippen LogP contribution in [0.2, 0.25) is 0 Å². The highest BCUT2D eigenvalue weighted by molar-refractivity contribution is 5.84. The van der Waals surface area contributed by atoms with Crippen molar-refractivity contribution in [2.75, 3.05) is 13.6 Å². The molecule has 1 aliphatic heterocycles. The number of fused-ring (bicyclic) bond motifs is 1. The Morgan fingerprint density at radius 2 is 1.95 bits per heavy atom. The Morgan fingerprint density at radius 3 is 2.75 bits per heavy atom. The number of carbonyl (C=O) groups is 1. The predicted octanol–water partition coefficient (Wildman–Crippen LogP) is 2.66. The first-order valence-corrected chi connectivity index (χ1v) is 7.85. The Labute approximate surface area is 121 Å². The summed E-state index contributed by atoms with van der Waals surface area (Å²) in [5.74, 6) is 0.240. The SMILES string of the molecule is CN(C(=O)C1NCCc2ccccc21)C1CCCCC1. The fourth-order valence-corrected chi connectivity index (χ4v) is 3.58. The topological polar surface area (TPSA) is 32.3 Å². The average molecular weight is 272 g/mol. The van der Waals surface area contributed by atoms with Crippen LogP contribution in [0.15, 0.2) is 24.3 Å². The number of hydrogen-bond acceptors (Lipinski definition) is 2. The van der Waals surface area contributed by atoms with E-state index >= 15 is 0 Å². The molecule has 1 unspecified atom stereocenters. The lowest BCUT2D eigenvalue weighted by atomic mass is 9.91. The van der Waals surface area contributed by atoms with Gasteiger partial charge in [0.05, 0.1) is 0 Å². The lowest BCUT2D eigenvalue weighted by molar-refractivity contribution is -0.135. The van der Waals surface area contributed by atoms with Crippen molar-refractivity contribution < 1.29 is 4.79 Å². The highest BCUT2D eigenvalue weighted by Gasteiger charge is 2.31. The zero-order valence-electron chi connectivity index (χ0n) is 12.3. The lowest BCUT2D eigenvalue weighted by Crippen LogP contribution is -2.46. The minimum absolute atomic E-state index is 0.146. The molecule has 1 heterocycles. The van der Waals surface area contributed by atoms with Gasteiger partial charge in [-0.25, -0.2) is 0 Å². The Balaban J connectivity index is 1.77. The van der Waals surface area contributed by atoms with Crippen molar-refractivity contribution >= 4 is 5.91 Å². The summed E-state index contributed by atoms with van der Waals surface area (Å²) in [4.78, 5) is 14.8. The number of benzene rings is 1. The molecule has 2 aliphatic rings. The van der Waals surface area contributed by atoms with Gasteiger partial charge in [-0.15, -0.1) is 0 Å². The molecule has 0 radical (unpaired) electrons. The van der Waals surface area contributed by atoms with E-state index in [0.717, 1.165) is 25.8 Å². The molecular formula is C17H24N2O. The average Bonchev–Trinajstić information content (AvgIpc) is 2.54. The highest BCUT2D eigenvalue weighted by atomic mass is 16.2. The van der Waals surface area contributed by atoms with E-state index < -0.39 is 0 Å². The Morgan fingerprint density at radius 1 is 1.20 bits per heavy atom. The molecule has 1 aliphatic carbocycles. The van der Waals surface area contributed by atoms with Crippen LogP contribution in [0.5, 0.6) is 0 Å². The van der Waals surface area contributed by atoms with Gasteiger partial charge < -0.3 is 10.2 Å². The summed E-state index contributed by atoms with van der Waals surface area (Å²) in [6.45, 7) is 0.895. The second kappa shape index (κ2) is 5.96. The molecule has 1 amide bonds. The van der Waals surface area contributed by atoms with E-state index in [4.69, 9.17) is 0 Å². The van der Waals surface area contributed by atoms with E-state index in [-0.39, 0.29) is 11.9 Å². The molecule has 3 nitrogen and oxygen atoms in total. The van der Waals surface area contributed by atoms with Crippen molar-refractivity contribution in [2.45, 2.75) is 50.6 Å². The molecule has 0 aromatic heterocycles. The first kappa shape index (κ1) is 13.6. The standard InChI is InChI=1S/C17H24N2O/c1-19(14-8-3-2-4-9-14)17(20)16-15-10-6-5-7-13(15)11-12-18-16/h5-7,10,14,16,18H,2-4,8-9,11-12H2,1H3. The van der Waals surface area contributed by atoms with Crippen LogP contribution in [0, 0.1) is 0 Å². The van der Waals surface area contributed by atoms with Gasteiger partial charge in [0.25, 0.3) is 0 Å². The third-order valence-electron chi connectivity index (χ3n) is 4.83. The number of hydrogen-bond donors (Lipinski definition) is 1. The summed E-state index contributed by atoms with van der Waals surface area (Å²) in [6, 6.07) is 8.64. The van der Waals surface area contributed by atoms with E-state index in [1.807, 2.05) is 18.0 Å². The summed E-state index contributed by atoms with van der Waals surface area (Å²) in [5, 5.41) is 3.40. The Bertz CT molecular complexity index is 480. The molecule has 3 heteroatoms. The van der Waals surface area contributed by atoms with Crippen molar-refractivity contribution in [3.8, 4) is 0 Å². The van der Waals surface area contributed by atoms with Crippen LogP contribution in [0.3, 0.4) is 0 Å². The van der Waals surface area contributed by atoms with Gasteiger partial charge >= 0.3 is 0 Å². The lowest BCUT2D eigenvalue weighted by Gasteiger charge is -2.35. The minimum atomic E-state index is -0.146. The first-order chi connectivity index (χ1) is 9.77. The maximum atomic E-state index is 12.8. The van der Waals surface area contributed by atoms with E-state index in [1.54, 1.807) is 0 Å². The van der Waals surface area contributed by atoms with E-state index in [2.05, 4.69) is 23.5 Å². The van der Waals surface area contributed by atoms with Crippen LogP contribution in [0.4, 0.5) is 0 Å². The maximum absolute atomic E-state index is 12.8. The van der Waals surface area contributed by atoms with Crippen LogP contribution in [0.25, 0.3) is 0 Å². The summed E-state index contributed by atoms with van der Waals surface area (Å²) >= 11 is 0. The van der Waals surface area contributed by atoms with Gasteiger partial charge in [0, 0.05) is 19.6 Å². The van der Waals surface area contributed by atoms with Crippen LogP contribution >= 0.6 is 0 Å². The van der Waals surface area contributed by atoms with Gasteiger partial charge in [-0.2, -0.15) is 0 Å². The zero-order chi connectivity index (χ0) is 13.9. The molecule has 0 saturated heterocycles. The monoisotopic (exact) mass is 272 g/mol. The van der Waals surface area contributed by atoms with E-state index in [9.17, 15) is 4.79 Å². The van der Waals surface area contributed by atoms with E-state index in [1.165, 1.54) is 30.4 Å². The first-order valence-electron chi connectivity index (χ1n) is 7.85. The number of rotatable bonds is 2. The van der Waals surface area contributed by atoms with Crippen LogP contribution < -0.4 is 5.32 Å². The minimum Gasteiger partial charge on any atom is -0.341 e. The third kappa shape index (κ3) is 2.59. The molecule has 0 spiro atoms. The molecule has 20 heavy (non-hydrogen) atoms. The van der Waals surface area contributed by atoms with Crippen molar-refractivity contribution in [1.82, 2.24) is 10.2 Å². The second-order valence-corrected chi connectivity index (χ2v) is 6.08. The fourth-order valence-electron chi connectivity index (χ4n) is 3.58. The molecular weight excluding hydrogens is 248 g/mol. The van der Waals surface area contributed by atoms with Gasteiger partial charge in [-0.1, -0.05) is 43.5 Å². The zero-order valence-corrected chi connectivity index (χ0v) is 12.3.